The van der Waals surface area contributed by atoms with Gasteiger partial charge < -0.3 is 10.2 Å². The molecule has 7 nitrogen and oxygen atoms in total. The van der Waals surface area contributed by atoms with Crippen LogP contribution in [0, 0.1) is 5.92 Å². The molecule has 0 unspecified atom stereocenters. The maximum Gasteiger partial charge on any atom is 0.325 e. The van der Waals surface area contributed by atoms with Crippen LogP contribution in [0.4, 0.5) is 4.79 Å². The van der Waals surface area contributed by atoms with Crippen molar-refractivity contribution in [3.05, 3.63) is 29.3 Å². The first kappa shape index (κ1) is 17.0. The van der Waals surface area contributed by atoms with E-state index in [0.717, 1.165) is 33.0 Å². The third-order valence-corrected chi connectivity index (χ3v) is 6.15. The van der Waals surface area contributed by atoms with Crippen molar-refractivity contribution in [3.63, 3.8) is 0 Å². The Morgan fingerprint density at radius 1 is 1.38 bits per heavy atom. The zero-order valence-electron chi connectivity index (χ0n) is 14.7. The maximum absolute atomic E-state index is 12.6. The Bertz CT molecular complexity index is 874. The normalized spacial score (nSPS) is 22.8. The Morgan fingerprint density at radius 2 is 2.12 bits per heavy atom. The second kappa shape index (κ2) is 6.05. The zero-order valence-corrected chi connectivity index (χ0v) is 15.5. The number of rotatable bonds is 5. The Labute approximate surface area is 155 Å². The molecule has 1 aromatic heterocycles. The summed E-state index contributed by atoms with van der Waals surface area (Å²) in [5.41, 5.74) is 0.0471. The number of urea groups is 1. The molecule has 1 saturated carbocycles. The van der Waals surface area contributed by atoms with Crippen LogP contribution in [0.3, 0.4) is 0 Å². The van der Waals surface area contributed by atoms with Crippen LogP contribution < -0.4 is 5.32 Å². The van der Waals surface area contributed by atoms with E-state index < -0.39 is 11.6 Å². The summed E-state index contributed by atoms with van der Waals surface area (Å²) in [4.78, 5) is 44.4. The average molecular weight is 372 g/mol. The van der Waals surface area contributed by atoms with Gasteiger partial charge in [0.1, 0.15) is 17.1 Å². The number of carbonyl (C=O) groups is 3. The lowest BCUT2D eigenvalue weighted by Gasteiger charge is -2.22. The van der Waals surface area contributed by atoms with Gasteiger partial charge in [-0.2, -0.15) is 0 Å². The number of likely N-dealkylation sites (N-methyl/N-ethyl adjacent to an activating group) is 1. The van der Waals surface area contributed by atoms with E-state index >= 15 is 0 Å². The molecule has 2 aromatic rings. The van der Waals surface area contributed by atoms with Crippen LogP contribution in [-0.4, -0.2) is 51.8 Å². The van der Waals surface area contributed by atoms with Gasteiger partial charge in [0.05, 0.1) is 16.8 Å². The van der Waals surface area contributed by atoms with E-state index in [2.05, 4.69) is 10.3 Å². The van der Waals surface area contributed by atoms with Crippen molar-refractivity contribution in [2.75, 3.05) is 13.6 Å². The van der Waals surface area contributed by atoms with Crippen molar-refractivity contribution in [1.29, 1.82) is 0 Å². The highest BCUT2D eigenvalue weighted by atomic mass is 32.1. The Morgan fingerprint density at radius 3 is 2.81 bits per heavy atom. The zero-order chi connectivity index (χ0) is 18.5. The van der Waals surface area contributed by atoms with E-state index in [1.165, 1.54) is 16.2 Å². The summed E-state index contributed by atoms with van der Waals surface area (Å²) in [5, 5.41) is 3.58. The Hall–Kier alpha value is -2.48. The average Bonchev–Trinajstić information content (AvgIpc) is 3.35. The van der Waals surface area contributed by atoms with Crippen LogP contribution in [0.2, 0.25) is 0 Å². The maximum atomic E-state index is 12.6. The molecule has 1 aromatic carbocycles. The van der Waals surface area contributed by atoms with Gasteiger partial charge in [-0.1, -0.05) is 12.1 Å². The van der Waals surface area contributed by atoms with Crippen molar-refractivity contribution in [1.82, 2.24) is 20.1 Å². The van der Waals surface area contributed by atoms with Crippen LogP contribution in [0.25, 0.3) is 10.2 Å². The lowest BCUT2D eigenvalue weighted by Crippen LogP contribution is -2.47. The quantitative estimate of drug-likeness (QED) is 0.814. The first-order valence-electron chi connectivity index (χ1n) is 8.61. The highest BCUT2D eigenvalue weighted by Crippen LogP contribution is 2.42. The van der Waals surface area contributed by atoms with E-state index in [1.807, 2.05) is 24.3 Å². The molecule has 4 amide bonds. The number of para-hydroxylation sites is 1. The van der Waals surface area contributed by atoms with E-state index in [4.69, 9.17) is 0 Å². The second-order valence-electron chi connectivity index (χ2n) is 7.12. The summed E-state index contributed by atoms with van der Waals surface area (Å²) >= 11 is 1.53. The predicted molar refractivity (Wildman–Crippen MR) is 97.5 cm³/mol. The van der Waals surface area contributed by atoms with Crippen molar-refractivity contribution in [2.45, 2.75) is 31.8 Å². The van der Waals surface area contributed by atoms with Gasteiger partial charge in [-0.25, -0.2) is 9.78 Å². The number of nitrogens with one attached hydrogen (secondary N) is 1. The summed E-state index contributed by atoms with van der Waals surface area (Å²) in [6.45, 7) is 1.86. The molecule has 26 heavy (non-hydrogen) atoms. The second-order valence-corrected chi connectivity index (χ2v) is 8.24. The number of nitrogens with zero attached hydrogens (tertiary/aromatic N) is 3. The van der Waals surface area contributed by atoms with Crippen molar-refractivity contribution >= 4 is 39.4 Å². The molecule has 1 aliphatic heterocycles. The van der Waals surface area contributed by atoms with Gasteiger partial charge in [0.15, 0.2) is 0 Å². The fourth-order valence-electron chi connectivity index (χ4n) is 3.33. The number of benzene rings is 1. The number of hydrogen-bond acceptors (Lipinski definition) is 5. The molecule has 1 saturated heterocycles. The number of thiazole rings is 1. The predicted octanol–water partition coefficient (Wildman–Crippen LogP) is 1.98. The number of hydrogen-bond donors (Lipinski definition) is 1. The largest absolute Gasteiger partial charge is 0.337 e. The highest BCUT2D eigenvalue weighted by Gasteiger charge is 2.56. The molecule has 4 rings (SSSR count). The van der Waals surface area contributed by atoms with Crippen LogP contribution in [0.5, 0.6) is 0 Å². The molecule has 8 heteroatoms. The molecule has 1 N–H and O–H groups in total. The van der Waals surface area contributed by atoms with Crippen LogP contribution in [-0.2, 0) is 16.1 Å². The minimum Gasteiger partial charge on any atom is -0.337 e. The van der Waals surface area contributed by atoms with E-state index in [1.54, 1.807) is 14.0 Å². The molecule has 1 atom stereocenters. The van der Waals surface area contributed by atoms with Gasteiger partial charge in [0, 0.05) is 7.05 Å². The molecule has 136 valence electrons. The van der Waals surface area contributed by atoms with Gasteiger partial charge >= 0.3 is 6.03 Å². The number of carbonyl (C=O) groups excluding carboxylic acids is 3. The van der Waals surface area contributed by atoms with Gasteiger partial charge in [0.25, 0.3) is 5.91 Å². The van der Waals surface area contributed by atoms with E-state index in [-0.39, 0.29) is 24.3 Å². The van der Waals surface area contributed by atoms with Crippen LogP contribution in [0.15, 0.2) is 24.3 Å². The van der Waals surface area contributed by atoms with Gasteiger partial charge in [0.2, 0.25) is 5.91 Å². The van der Waals surface area contributed by atoms with E-state index in [9.17, 15) is 14.4 Å². The van der Waals surface area contributed by atoms with Crippen molar-refractivity contribution in [2.24, 2.45) is 5.92 Å². The summed E-state index contributed by atoms with van der Waals surface area (Å²) in [6, 6.07) is 7.32. The fourth-order valence-corrected chi connectivity index (χ4v) is 4.35. The molecular weight excluding hydrogens is 352 g/mol. The standard InChI is InChI=1S/C18H20N4O3S/c1-18(11-7-8-11)16(24)22(17(25)20-18)10-15(23)21(2)9-14-19-12-5-3-4-6-13(12)26-14/h3-6,11H,7-10H2,1-2H3,(H,20,25)/t18-/m0/s1. The van der Waals surface area contributed by atoms with Crippen molar-refractivity contribution < 1.29 is 14.4 Å². The Kier molecular flexibility index (Phi) is 3.95. The molecule has 0 bridgehead atoms. The monoisotopic (exact) mass is 372 g/mol. The number of aromatic nitrogens is 1. The van der Waals surface area contributed by atoms with Gasteiger partial charge in [-0.3, -0.25) is 14.5 Å². The SMILES string of the molecule is CN(Cc1nc2ccccc2s1)C(=O)CN1C(=O)N[C@@](C)(C2CC2)C1=O. The summed E-state index contributed by atoms with van der Waals surface area (Å²) in [7, 11) is 1.66. The minimum atomic E-state index is -0.858. The summed E-state index contributed by atoms with van der Waals surface area (Å²) < 4.78 is 1.07. The fraction of sp³-hybridized carbons (Fsp3) is 0.444. The summed E-state index contributed by atoms with van der Waals surface area (Å²) in [6.07, 6.45) is 1.86. The van der Waals surface area contributed by atoms with Gasteiger partial charge in [-0.05, 0) is 37.8 Å². The van der Waals surface area contributed by atoms with Crippen LogP contribution in [0.1, 0.15) is 24.8 Å². The number of amides is 4. The van der Waals surface area contributed by atoms with E-state index in [0.29, 0.717) is 6.54 Å². The number of fused-ring (bicyclic) bond motifs is 1. The lowest BCUT2D eigenvalue weighted by atomic mass is 9.96. The summed E-state index contributed by atoms with van der Waals surface area (Å²) in [5.74, 6) is -0.404. The molecule has 0 spiro atoms. The first-order chi connectivity index (χ1) is 12.4. The molecule has 2 heterocycles. The Balaban J connectivity index is 1.42. The number of imide groups is 1. The molecule has 0 radical (unpaired) electrons. The third-order valence-electron chi connectivity index (χ3n) is 5.12. The molecule has 1 aliphatic carbocycles. The third kappa shape index (κ3) is 2.84. The topological polar surface area (TPSA) is 82.6 Å². The molecule has 2 fully saturated rings. The minimum absolute atomic E-state index is 0.180. The molecular formula is C18H20N4O3S. The smallest absolute Gasteiger partial charge is 0.325 e. The lowest BCUT2D eigenvalue weighted by molar-refractivity contribution is -0.138. The molecule has 2 aliphatic rings. The van der Waals surface area contributed by atoms with Crippen molar-refractivity contribution in [3.8, 4) is 0 Å². The highest BCUT2D eigenvalue weighted by molar-refractivity contribution is 7.18. The van der Waals surface area contributed by atoms with Crippen LogP contribution >= 0.6 is 11.3 Å². The van der Waals surface area contributed by atoms with Gasteiger partial charge in [-0.15, -0.1) is 11.3 Å². The first-order valence-corrected chi connectivity index (χ1v) is 9.42.